The van der Waals surface area contributed by atoms with Gasteiger partial charge in [-0.2, -0.15) is 0 Å². The zero-order valence-corrected chi connectivity index (χ0v) is 9.82. The molecule has 0 aromatic carbocycles. The van der Waals surface area contributed by atoms with Crippen LogP contribution in [-0.4, -0.2) is 19.0 Å². The van der Waals surface area contributed by atoms with Crippen molar-refractivity contribution in [2.24, 2.45) is 5.92 Å². The average Bonchev–Trinajstić information content (AvgIpc) is 2.02. The Kier molecular flexibility index (Phi) is 9.79. The van der Waals surface area contributed by atoms with Crippen molar-refractivity contribution in [1.82, 2.24) is 5.32 Å². The minimum atomic E-state index is 0.844. The van der Waals surface area contributed by atoms with Crippen LogP contribution < -0.4 is 5.32 Å². The van der Waals surface area contributed by atoms with Gasteiger partial charge in [0.25, 0.3) is 0 Å². The molecule has 0 aliphatic rings. The molecule has 12 heavy (non-hydrogen) atoms. The number of rotatable bonds is 8. The minimum absolute atomic E-state index is 0.844. The van der Waals surface area contributed by atoms with Gasteiger partial charge in [0.15, 0.2) is 0 Å². The van der Waals surface area contributed by atoms with Gasteiger partial charge in [0.05, 0.1) is 0 Å². The molecule has 1 N–H and O–H groups in total. The van der Waals surface area contributed by atoms with Crippen LogP contribution in [0.15, 0.2) is 0 Å². The maximum atomic E-state index is 3.49. The lowest BCUT2D eigenvalue weighted by molar-refractivity contribution is 0.558. The van der Waals surface area contributed by atoms with Crippen LogP contribution in [0.3, 0.4) is 0 Å². The normalized spacial score (nSPS) is 12.0. The Balaban J connectivity index is 2.82. The molecule has 74 valence electrons. The number of nitrogens with one attached hydrogen (secondary N) is 1. The summed E-state index contributed by atoms with van der Waals surface area (Å²) in [7, 11) is 1.13. The Bertz CT molecular complexity index is 83.9. The lowest BCUT2D eigenvalue weighted by Crippen LogP contribution is -2.15. The Morgan fingerprint density at radius 2 is 2.08 bits per heavy atom. The van der Waals surface area contributed by atoms with E-state index in [9.17, 15) is 0 Å². The topological polar surface area (TPSA) is 12.0 Å². The van der Waals surface area contributed by atoms with Gasteiger partial charge in [-0.3, -0.25) is 0 Å². The molecule has 0 radical (unpaired) electrons. The van der Waals surface area contributed by atoms with E-state index in [0.717, 1.165) is 14.5 Å². The largest absolute Gasteiger partial charge is 0.313 e. The van der Waals surface area contributed by atoms with Crippen molar-refractivity contribution in [3.63, 3.8) is 0 Å². The minimum Gasteiger partial charge on any atom is -0.313 e. The zero-order chi connectivity index (χ0) is 9.23. The van der Waals surface area contributed by atoms with Crippen molar-refractivity contribution >= 4 is 8.58 Å². The van der Waals surface area contributed by atoms with Crippen molar-refractivity contribution in [1.29, 1.82) is 0 Å². The molecule has 0 aliphatic carbocycles. The summed E-state index contributed by atoms with van der Waals surface area (Å²) in [4.78, 5) is 0. The van der Waals surface area contributed by atoms with Gasteiger partial charge in [-0.1, -0.05) is 27.2 Å². The molecule has 0 aromatic rings. The second kappa shape index (κ2) is 9.48. The maximum Gasteiger partial charge on any atom is 0.0127 e. The van der Waals surface area contributed by atoms with Crippen molar-refractivity contribution < 1.29 is 0 Å². The summed E-state index contributed by atoms with van der Waals surface area (Å²) in [6.07, 6.45) is 6.74. The Hall–Kier alpha value is 0.390. The molecule has 0 aromatic heterocycles. The van der Waals surface area contributed by atoms with Crippen molar-refractivity contribution in [2.45, 2.75) is 40.0 Å². The van der Waals surface area contributed by atoms with Crippen LogP contribution in [0.1, 0.15) is 40.0 Å². The summed E-state index contributed by atoms with van der Waals surface area (Å²) < 4.78 is 0. The van der Waals surface area contributed by atoms with Crippen LogP contribution in [0.2, 0.25) is 0 Å². The lowest BCUT2D eigenvalue weighted by atomic mass is 10.1. The first kappa shape index (κ1) is 12.4. The second-order valence-corrected chi connectivity index (χ2v) is 5.07. The molecule has 0 spiro atoms. The van der Waals surface area contributed by atoms with E-state index in [0.29, 0.717) is 0 Å². The third-order valence-electron chi connectivity index (χ3n) is 1.86. The third-order valence-corrected chi connectivity index (χ3v) is 3.06. The standard InChI is InChI=1S/C10H24NP/c1-4-5-8-12-9-11-7-6-10(2)3/h10-12H,4-9H2,1-3H3. The van der Waals surface area contributed by atoms with Gasteiger partial charge in [0, 0.05) is 6.29 Å². The summed E-state index contributed by atoms with van der Waals surface area (Å²) >= 11 is 0. The fraction of sp³-hybridized carbons (Fsp3) is 1.00. The van der Waals surface area contributed by atoms with E-state index >= 15 is 0 Å². The van der Waals surface area contributed by atoms with Crippen LogP contribution in [0.4, 0.5) is 0 Å². The number of unbranched alkanes of at least 4 members (excludes halogenated alkanes) is 1. The summed E-state index contributed by atoms with van der Waals surface area (Å²) in [5, 5.41) is 3.49. The van der Waals surface area contributed by atoms with Crippen LogP contribution in [-0.2, 0) is 0 Å². The Morgan fingerprint density at radius 1 is 1.33 bits per heavy atom. The van der Waals surface area contributed by atoms with E-state index in [1.54, 1.807) is 0 Å². The van der Waals surface area contributed by atoms with Gasteiger partial charge >= 0.3 is 0 Å². The number of hydrogen-bond acceptors (Lipinski definition) is 1. The summed E-state index contributed by atoms with van der Waals surface area (Å²) in [6, 6.07) is 0. The molecule has 1 atom stereocenters. The van der Waals surface area contributed by atoms with Crippen molar-refractivity contribution in [3.8, 4) is 0 Å². The molecule has 0 rings (SSSR count). The molecule has 0 amide bonds. The van der Waals surface area contributed by atoms with Crippen LogP contribution in [0.5, 0.6) is 0 Å². The Labute approximate surface area is 79.5 Å². The van der Waals surface area contributed by atoms with E-state index in [-0.39, 0.29) is 0 Å². The van der Waals surface area contributed by atoms with Crippen molar-refractivity contribution in [3.05, 3.63) is 0 Å². The third kappa shape index (κ3) is 10.4. The monoisotopic (exact) mass is 189 g/mol. The molecule has 0 heterocycles. The van der Waals surface area contributed by atoms with E-state index in [1.807, 2.05) is 0 Å². The molecule has 0 saturated carbocycles. The highest BCUT2D eigenvalue weighted by Gasteiger charge is 1.92. The summed E-state index contributed by atoms with van der Waals surface area (Å²) in [5.41, 5.74) is 0. The average molecular weight is 189 g/mol. The first-order chi connectivity index (χ1) is 5.77. The van der Waals surface area contributed by atoms with E-state index in [4.69, 9.17) is 0 Å². The highest BCUT2D eigenvalue weighted by Crippen LogP contribution is 2.09. The van der Waals surface area contributed by atoms with Gasteiger partial charge in [0.1, 0.15) is 0 Å². The Morgan fingerprint density at radius 3 is 2.67 bits per heavy atom. The zero-order valence-electron chi connectivity index (χ0n) is 8.82. The van der Waals surface area contributed by atoms with Gasteiger partial charge in [0.2, 0.25) is 0 Å². The van der Waals surface area contributed by atoms with Crippen molar-refractivity contribution in [2.75, 3.05) is 19.0 Å². The maximum absolute atomic E-state index is 3.49. The van der Waals surface area contributed by atoms with Crippen LogP contribution in [0.25, 0.3) is 0 Å². The predicted molar refractivity (Wildman–Crippen MR) is 60.4 cm³/mol. The van der Waals surface area contributed by atoms with E-state index in [2.05, 4.69) is 26.1 Å². The quantitative estimate of drug-likeness (QED) is 0.457. The molecule has 0 aliphatic heterocycles. The molecule has 0 bridgehead atoms. The molecular weight excluding hydrogens is 165 g/mol. The molecule has 0 saturated heterocycles. The number of hydrogen-bond donors (Lipinski definition) is 1. The smallest absolute Gasteiger partial charge is 0.0127 e. The summed E-state index contributed by atoms with van der Waals surface area (Å²) in [6.45, 7) is 8.02. The highest BCUT2D eigenvalue weighted by molar-refractivity contribution is 7.37. The highest BCUT2D eigenvalue weighted by atomic mass is 31.1. The fourth-order valence-corrected chi connectivity index (χ4v) is 2.09. The fourth-order valence-electron chi connectivity index (χ4n) is 0.958. The first-order valence-electron chi connectivity index (χ1n) is 5.18. The first-order valence-corrected chi connectivity index (χ1v) is 6.60. The molecule has 1 unspecified atom stereocenters. The SMILES string of the molecule is CCCCPCNCCC(C)C. The van der Waals surface area contributed by atoms with Crippen LogP contribution >= 0.6 is 8.58 Å². The molecule has 1 nitrogen and oxygen atoms in total. The molecular formula is C10H24NP. The van der Waals surface area contributed by atoms with Crippen LogP contribution in [0, 0.1) is 5.92 Å². The van der Waals surface area contributed by atoms with Gasteiger partial charge < -0.3 is 5.32 Å². The van der Waals surface area contributed by atoms with E-state index < -0.39 is 0 Å². The lowest BCUT2D eigenvalue weighted by Gasteiger charge is -2.06. The van der Waals surface area contributed by atoms with Gasteiger partial charge in [-0.25, -0.2) is 0 Å². The predicted octanol–water partition coefficient (Wildman–Crippen LogP) is 3.06. The molecule has 0 fully saturated rings. The molecule has 2 heteroatoms. The van der Waals surface area contributed by atoms with Gasteiger partial charge in [-0.05, 0) is 31.5 Å². The second-order valence-electron chi connectivity index (χ2n) is 3.71. The van der Waals surface area contributed by atoms with E-state index in [1.165, 1.54) is 38.3 Å². The van der Waals surface area contributed by atoms with Gasteiger partial charge in [-0.15, -0.1) is 8.58 Å². The summed E-state index contributed by atoms with van der Waals surface area (Å²) in [5.74, 6) is 0.844.